The predicted molar refractivity (Wildman–Crippen MR) is 206 cm³/mol. The molecule has 0 aliphatic carbocycles. The predicted octanol–water partition coefficient (Wildman–Crippen LogP) is 6.68. The van der Waals surface area contributed by atoms with Crippen molar-refractivity contribution in [1.29, 1.82) is 0 Å². The fraction of sp³-hybridized carbons (Fsp3) is 0.317. The third-order valence-electron chi connectivity index (χ3n) is 8.18. The molecule has 0 bridgehead atoms. The minimum atomic E-state index is -0.384. The monoisotopic (exact) mass is 718 g/mol. The number of hydrogen-bond acceptors (Lipinski definition) is 8. The van der Waals surface area contributed by atoms with Crippen LogP contribution in [0.4, 0.5) is 16.3 Å². The van der Waals surface area contributed by atoms with Crippen molar-refractivity contribution in [2.75, 3.05) is 57.3 Å². The number of hydrogen-bond donors (Lipinski definition) is 3. The van der Waals surface area contributed by atoms with E-state index in [9.17, 15) is 9.59 Å². The molecule has 12 heteroatoms. The van der Waals surface area contributed by atoms with Crippen molar-refractivity contribution in [2.24, 2.45) is 7.05 Å². The second kappa shape index (κ2) is 18.1. The van der Waals surface area contributed by atoms with E-state index in [1.165, 1.54) is 0 Å². The minimum absolute atomic E-state index is 0.151. The first kappa shape index (κ1) is 38.5. The van der Waals surface area contributed by atoms with Crippen molar-refractivity contribution in [3.63, 3.8) is 0 Å². The number of terminal acetylenes is 1. The number of aryl methyl sites for hydroxylation is 1. The Balaban J connectivity index is 1.23. The fourth-order valence-electron chi connectivity index (χ4n) is 5.45. The first-order chi connectivity index (χ1) is 25.5. The Hall–Kier alpha value is -5.74. The van der Waals surface area contributed by atoms with E-state index in [1.807, 2.05) is 60.7 Å². The van der Waals surface area contributed by atoms with E-state index in [0.717, 1.165) is 27.7 Å². The smallest absolute Gasteiger partial charge is 0.324 e. The average Bonchev–Trinajstić information content (AvgIpc) is 3.52. The zero-order valence-electron chi connectivity index (χ0n) is 30.8. The van der Waals surface area contributed by atoms with Gasteiger partial charge in [-0.2, -0.15) is 5.10 Å². The van der Waals surface area contributed by atoms with Gasteiger partial charge in [0, 0.05) is 78.5 Å². The lowest BCUT2D eigenvalue weighted by molar-refractivity contribution is 0.0255. The van der Waals surface area contributed by atoms with Crippen molar-refractivity contribution >= 4 is 34.2 Å². The number of carbonyl (C=O) groups excluding carboxylic acids is 2. The summed E-state index contributed by atoms with van der Waals surface area (Å²) in [6.07, 6.45) is 7.84. The molecular weight excluding hydrogens is 672 g/mol. The Morgan fingerprint density at radius 2 is 1.64 bits per heavy atom. The van der Waals surface area contributed by atoms with E-state index in [0.29, 0.717) is 80.1 Å². The first-order valence-electron chi connectivity index (χ1n) is 17.3. The summed E-state index contributed by atoms with van der Waals surface area (Å²) in [6.45, 7) is 8.84. The summed E-state index contributed by atoms with van der Waals surface area (Å²) in [7, 11) is 3.42. The highest BCUT2D eigenvalue weighted by Crippen LogP contribution is 2.35. The molecule has 0 saturated carbocycles. The number of rotatable bonds is 16. The normalized spacial score (nSPS) is 11.2. The Morgan fingerprint density at radius 1 is 0.887 bits per heavy atom. The molecule has 2 aromatic heterocycles. The zero-order chi connectivity index (χ0) is 37.8. The van der Waals surface area contributed by atoms with Gasteiger partial charge in [-0.15, -0.1) is 6.42 Å². The number of nitrogens with zero attached hydrogens (tertiary/aromatic N) is 3. The van der Waals surface area contributed by atoms with E-state index < -0.39 is 0 Å². The number of urea groups is 1. The highest BCUT2D eigenvalue weighted by atomic mass is 16.5. The number of nitrogens with one attached hydrogen (secondary N) is 3. The molecule has 0 fully saturated rings. The summed E-state index contributed by atoms with van der Waals surface area (Å²) in [4.78, 5) is 30.6. The fourth-order valence-corrected chi connectivity index (χ4v) is 5.45. The number of pyridine rings is 1. The van der Waals surface area contributed by atoms with Crippen LogP contribution in [0.2, 0.25) is 0 Å². The lowest BCUT2D eigenvalue weighted by atomic mass is 9.92. The molecule has 5 aromatic rings. The molecule has 0 aliphatic rings. The van der Waals surface area contributed by atoms with Crippen LogP contribution in [0.25, 0.3) is 10.8 Å². The molecule has 53 heavy (non-hydrogen) atoms. The molecular formula is C41H46N6O6. The second-order valence-corrected chi connectivity index (χ2v) is 13.3. The maximum Gasteiger partial charge on any atom is 0.324 e. The SMILES string of the molecule is C#Cc1cc(Cc2cc(Oc3ccc(NC(=O)Nc4cc(C(C)(C)C)nn4C)c4ccccc34)ccn2)cc(C(=O)NCCOCCOCCOC)c1. The van der Waals surface area contributed by atoms with Crippen LogP contribution in [0.3, 0.4) is 0 Å². The molecule has 0 radical (unpaired) electrons. The number of anilines is 2. The summed E-state index contributed by atoms with van der Waals surface area (Å²) in [6, 6.07) is 21.8. The Kier molecular flexibility index (Phi) is 13.2. The number of fused-ring (bicyclic) bond motifs is 1. The minimum Gasteiger partial charge on any atom is -0.457 e. The Bertz CT molecular complexity index is 2080. The maximum absolute atomic E-state index is 13.1. The third kappa shape index (κ3) is 10.9. The van der Waals surface area contributed by atoms with Gasteiger partial charge >= 0.3 is 6.03 Å². The maximum atomic E-state index is 13.1. The van der Waals surface area contributed by atoms with Crippen LogP contribution >= 0.6 is 0 Å². The number of benzene rings is 3. The zero-order valence-corrected chi connectivity index (χ0v) is 30.8. The van der Waals surface area contributed by atoms with Gasteiger partial charge in [-0.1, -0.05) is 51.0 Å². The Morgan fingerprint density at radius 3 is 2.38 bits per heavy atom. The molecule has 12 nitrogen and oxygen atoms in total. The van der Waals surface area contributed by atoms with Gasteiger partial charge in [0.25, 0.3) is 5.91 Å². The van der Waals surface area contributed by atoms with E-state index >= 15 is 0 Å². The lowest BCUT2D eigenvalue weighted by Crippen LogP contribution is -2.28. The second-order valence-electron chi connectivity index (χ2n) is 13.3. The summed E-state index contributed by atoms with van der Waals surface area (Å²) >= 11 is 0. The molecule has 5 rings (SSSR count). The van der Waals surface area contributed by atoms with Crippen LogP contribution in [0.5, 0.6) is 11.5 Å². The highest BCUT2D eigenvalue weighted by Gasteiger charge is 2.20. The van der Waals surface area contributed by atoms with Crippen LogP contribution < -0.4 is 20.7 Å². The largest absolute Gasteiger partial charge is 0.457 e. The molecule has 2 heterocycles. The topological polar surface area (TPSA) is 138 Å². The molecule has 3 N–H and O–H groups in total. The van der Waals surface area contributed by atoms with Crippen LogP contribution in [0.1, 0.15) is 53.6 Å². The summed E-state index contributed by atoms with van der Waals surface area (Å²) < 4.78 is 23.9. The standard InChI is InChI=1S/C41H46N6O6/c1-7-28-22-29(24-30(23-28)39(48)43-16-17-51-20-21-52-19-18-50-6)25-31-26-32(14-15-42-31)53-36-13-12-35(33-10-8-9-11-34(33)36)44-40(49)45-38-27-37(41(2,3)4)46-47(38)5/h1,8-15,22-24,26-27H,16-21,25H2,2-6H3,(H,43,48)(H2,44,45,49). The quantitative estimate of drug-likeness (QED) is 0.0759. The number of ether oxygens (including phenoxy) is 4. The molecule has 0 aliphatic heterocycles. The van der Waals surface area contributed by atoms with E-state index in [-0.39, 0.29) is 17.4 Å². The van der Waals surface area contributed by atoms with E-state index in [4.69, 9.17) is 25.4 Å². The number of carbonyl (C=O) groups is 2. The highest BCUT2D eigenvalue weighted by molar-refractivity contribution is 6.07. The van der Waals surface area contributed by atoms with Crippen LogP contribution in [-0.4, -0.2) is 73.4 Å². The van der Waals surface area contributed by atoms with Crippen molar-refractivity contribution in [3.8, 4) is 23.8 Å². The van der Waals surface area contributed by atoms with Gasteiger partial charge in [0.2, 0.25) is 0 Å². The van der Waals surface area contributed by atoms with Gasteiger partial charge in [-0.05, 0) is 42.0 Å². The molecule has 3 amide bonds. The van der Waals surface area contributed by atoms with E-state index in [2.05, 4.69) is 52.7 Å². The van der Waals surface area contributed by atoms with Gasteiger partial charge in [-0.3, -0.25) is 19.8 Å². The average molecular weight is 719 g/mol. The van der Waals surface area contributed by atoms with Gasteiger partial charge in [-0.25, -0.2) is 4.79 Å². The third-order valence-corrected chi connectivity index (χ3v) is 8.18. The number of methoxy groups -OCH3 is 1. The lowest BCUT2D eigenvalue weighted by Gasteiger charge is -2.14. The van der Waals surface area contributed by atoms with Crippen LogP contribution in [0, 0.1) is 12.3 Å². The number of aromatic nitrogens is 3. The summed E-state index contributed by atoms with van der Waals surface area (Å²) in [5.74, 6) is 4.18. The van der Waals surface area contributed by atoms with Crippen LogP contribution in [0.15, 0.2) is 79.0 Å². The molecule has 0 spiro atoms. The number of amides is 3. The summed E-state index contributed by atoms with van der Waals surface area (Å²) in [5, 5.41) is 14.9. The Labute approximate surface area is 310 Å². The molecule has 3 aromatic carbocycles. The van der Waals surface area contributed by atoms with Gasteiger partial charge in [0.15, 0.2) is 0 Å². The van der Waals surface area contributed by atoms with Gasteiger partial charge in [0.05, 0.1) is 44.4 Å². The molecule has 0 atom stereocenters. The van der Waals surface area contributed by atoms with Crippen molar-refractivity contribution < 1.29 is 28.5 Å². The van der Waals surface area contributed by atoms with E-state index in [1.54, 1.807) is 37.2 Å². The molecule has 276 valence electrons. The van der Waals surface area contributed by atoms with Crippen molar-refractivity contribution in [1.82, 2.24) is 20.1 Å². The van der Waals surface area contributed by atoms with Crippen LogP contribution in [-0.2, 0) is 33.1 Å². The van der Waals surface area contributed by atoms with Crippen molar-refractivity contribution in [2.45, 2.75) is 32.6 Å². The van der Waals surface area contributed by atoms with Crippen molar-refractivity contribution in [3.05, 3.63) is 107 Å². The first-order valence-corrected chi connectivity index (χ1v) is 17.3. The summed E-state index contributed by atoms with van der Waals surface area (Å²) in [5.41, 5.74) is 3.96. The van der Waals surface area contributed by atoms with Gasteiger partial charge < -0.3 is 29.6 Å². The molecule has 0 saturated heterocycles. The van der Waals surface area contributed by atoms with Gasteiger partial charge in [0.1, 0.15) is 17.3 Å². The molecule has 0 unspecified atom stereocenters.